The first-order valence-electron chi connectivity index (χ1n) is 6.71. The third-order valence-corrected chi connectivity index (χ3v) is 4.21. The molecule has 0 aliphatic heterocycles. The van der Waals surface area contributed by atoms with Crippen molar-refractivity contribution in [3.63, 3.8) is 0 Å². The predicted octanol–water partition coefficient (Wildman–Crippen LogP) is 4.11. The number of halogens is 1. The Labute approximate surface area is 117 Å². The largest absolute Gasteiger partial charge is 0.276 e. The summed E-state index contributed by atoms with van der Waals surface area (Å²) in [5.41, 5.74) is 5.95. The second-order valence-corrected chi connectivity index (χ2v) is 5.66. The zero-order valence-corrected chi connectivity index (χ0v) is 12.0. The van der Waals surface area contributed by atoms with Crippen LogP contribution in [0.2, 0.25) is 0 Å². The summed E-state index contributed by atoms with van der Waals surface area (Å²) in [6.45, 7) is 4.05. The van der Waals surface area contributed by atoms with Gasteiger partial charge in [0.2, 0.25) is 0 Å². The van der Waals surface area contributed by atoms with Gasteiger partial charge in [-0.1, -0.05) is 12.1 Å². The lowest BCUT2D eigenvalue weighted by Gasteiger charge is -2.20. The fourth-order valence-corrected chi connectivity index (χ4v) is 3.25. The Hall–Kier alpha value is -1.41. The highest BCUT2D eigenvalue weighted by atomic mass is 35.5. The SMILES string of the molecule is Cc1ccc(C)c2c(C(=O)Cl)c3c(nc12)CCCC3. The van der Waals surface area contributed by atoms with Crippen LogP contribution in [0.25, 0.3) is 10.9 Å². The third kappa shape index (κ3) is 1.95. The van der Waals surface area contributed by atoms with Crippen molar-refractivity contribution in [3.8, 4) is 0 Å². The normalized spacial score (nSPS) is 14.5. The molecule has 0 radical (unpaired) electrons. The van der Waals surface area contributed by atoms with Crippen molar-refractivity contribution in [2.45, 2.75) is 39.5 Å². The Bertz CT molecular complexity index is 691. The van der Waals surface area contributed by atoms with Gasteiger partial charge in [0.1, 0.15) is 0 Å². The fourth-order valence-electron chi connectivity index (χ4n) is 3.04. The maximum absolute atomic E-state index is 11.9. The van der Waals surface area contributed by atoms with Crippen molar-refractivity contribution in [1.82, 2.24) is 4.98 Å². The number of nitrogens with zero attached hydrogens (tertiary/aromatic N) is 1. The van der Waals surface area contributed by atoms with E-state index in [4.69, 9.17) is 16.6 Å². The molecule has 0 bridgehead atoms. The highest BCUT2D eigenvalue weighted by Crippen LogP contribution is 2.33. The summed E-state index contributed by atoms with van der Waals surface area (Å²) in [6.07, 6.45) is 4.13. The summed E-state index contributed by atoms with van der Waals surface area (Å²) in [5.74, 6) is 0. The van der Waals surface area contributed by atoms with E-state index in [0.717, 1.165) is 59.0 Å². The summed E-state index contributed by atoms with van der Waals surface area (Å²) < 4.78 is 0. The minimum atomic E-state index is -0.348. The number of fused-ring (bicyclic) bond motifs is 2. The number of hydrogen-bond acceptors (Lipinski definition) is 2. The number of pyridine rings is 1. The minimum absolute atomic E-state index is 0.348. The van der Waals surface area contributed by atoms with Crippen molar-refractivity contribution in [1.29, 1.82) is 0 Å². The van der Waals surface area contributed by atoms with Gasteiger partial charge in [-0.05, 0) is 67.8 Å². The Morgan fingerprint density at radius 3 is 2.58 bits per heavy atom. The van der Waals surface area contributed by atoms with Gasteiger partial charge < -0.3 is 0 Å². The van der Waals surface area contributed by atoms with Crippen LogP contribution in [0, 0.1) is 13.8 Å². The van der Waals surface area contributed by atoms with Gasteiger partial charge in [-0.15, -0.1) is 0 Å². The van der Waals surface area contributed by atoms with Crippen LogP contribution in [0.5, 0.6) is 0 Å². The van der Waals surface area contributed by atoms with Gasteiger partial charge in [0, 0.05) is 16.6 Å². The molecular weight excluding hydrogens is 258 g/mol. The Morgan fingerprint density at radius 2 is 1.84 bits per heavy atom. The van der Waals surface area contributed by atoms with Crippen LogP contribution in [-0.2, 0) is 12.8 Å². The molecule has 1 heterocycles. The van der Waals surface area contributed by atoms with Gasteiger partial charge in [0.05, 0.1) is 5.52 Å². The average Bonchev–Trinajstić information content (AvgIpc) is 2.40. The quantitative estimate of drug-likeness (QED) is 0.732. The highest BCUT2D eigenvalue weighted by Gasteiger charge is 2.23. The van der Waals surface area contributed by atoms with Crippen LogP contribution in [0.15, 0.2) is 12.1 Å². The van der Waals surface area contributed by atoms with E-state index in [1.807, 2.05) is 19.9 Å². The van der Waals surface area contributed by atoms with E-state index < -0.39 is 0 Å². The molecule has 3 heteroatoms. The number of carbonyl (C=O) groups is 1. The van der Waals surface area contributed by atoms with E-state index >= 15 is 0 Å². The van der Waals surface area contributed by atoms with E-state index in [0.29, 0.717) is 5.56 Å². The number of aryl methyl sites for hydroxylation is 3. The van der Waals surface area contributed by atoms with Gasteiger partial charge in [-0.3, -0.25) is 9.78 Å². The number of benzene rings is 1. The molecule has 1 aliphatic rings. The van der Waals surface area contributed by atoms with Crippen LogP contribution in [0.1, 0.15) is 45.6 Å². The third-order valence-electron chi connectivity index (χ3n) is 4.02. The zero-order valence-electron chi connectivity index (χ0n) is 11.2. The lowest BCUT2D eigenvalue weighted by atomic mass is 9.88. The molecule has 0 saturated carbocycles. The molecular formula is C16H16ClNO. The maximum Gasteiger partial charge on any atom is 0.253 e. The second kappa shape index (κ2) is 4.61. The van der Waals surface area contributed by atoms with Crippen molar-refractivity contribution in [2.24, 2.45) is 0 Å². The number of carbonyl (C=O) groups excluding carboxylic acids is 1. The predicted molar refractivity (Wildman–Crippen MR) is 78.0 cm³/mol. The average molecular weight is 274 g/mol. The van der Waals surface area contributed by atoms with Crippen molar-refractivity contribution < 1.29 is 4.79 Å². The molecule has 2 nitrogen and oxygen atoms in total. The summed E-state index contributed by atoms with van der Waals surface area (Å²) in [4.78, 5) is 16.7. The van der Waals surface area contributed by atoms with Gasteiger partial charge >= 0.3 is 0 Å². The molecule has 0 amide bonds. The highest BCUT2D eigenvalue weighted by molar-refractivity contribution is 6.68. The molecule has 0 unspecified atom stereocenters. The maximum atomic E-state index is 11.9. The molecule has 0 saturated heterocycles. The van der Waals surface area contributed by atoms with E-state index in [9.17, 15) is 4.79 Å². The molecule has 3 rings (SSSR count). The van der Waals surface area contributed by atoms with Crippen LogP contribution in [-0.4, -0.2) is 10.2 Å². The van der Waals surface area contributed by atoms with Crippen molar-refractivity contribution >= 4 is 27.7 Å². The standard InChI is InChI=1S/C16H16ClNO/c1-9-7-8-10(2)15-13(9)14(16(17)19)11-5-3-4-6-12(11)18-15/h7-8H,3-6H2,1-2H3. The smallest absolute Gasteiger partial charge is 0.253 e. The van der Waals surface area contributed by atoms with Crippen LogP contribution < -0.4 is 0 Å². The second-order valence-electron chi connectivity index (χ2n) is 5.32. The van der Waals surface area contributed by atoms with E-state index in [1.54, 1.807) is 0 Å². The summed E-state index contributed by atoms with van der Waals surface area (Å²) in [7, 11) is 0. The molecule has 1 aliphatic carbocycles. The van der Waals surface area contributed by atoms with E-state index in [2.05, 4.69) is 6.07 Å². The van der Waals surface area contributed by atoms with Gasteiger partial charge in [0.15, 0.2) is 0 Å². The first-order chi connectivity index (χ1) is 9.09. The summed E-state index contributed by atoms with van der Waals surface area (Å²) in [6, 6.07) is 4.10. The van der Waals surface area contributed by atoms with Gasteiger partial charge in [0.25, 0.3) is 5.24 Å². The van der Waals surface area contributed by atoms with Gasteiger partial charge in [-0.2, -0.15) is 0 Å². The first-order valence-corrected chi connectivity index (χ1v) is 7.09. The monoisotopic (exact) mass is 273 g/mol. The Kier molecular flexibility index (Phi) is 3.06. The number of rotatable bonds is 1. The molecule has 98 valence electrons. The van der Waals surface area contributed by atoms with E-state index in [1.165, 1.54) is 0 Å². The topological polar surface area (TPSA) is 30.0 Å². The summed E-state index contributed by atoms with van der Waals surface area (Å²) >= 11 is 5.88. The molecule has 19 heavy (non-hydrogen) atoms. The Morgan fingerprint density at radius 1 is 1.16 bits per heavy atom. The molecule has 0 N–H and O–H groups in total. The lowest BCUT2D eigenvalue weighted by Crippen LogP contribution is -2.12. The zero-order chi connectivity index (χ0) is 13.6. The van der Waals surface area contributed by atoms with E-state index in [-0.39, 0.29) is 5.24 Å². The van der Waals surface area contributed by atoms with Crippen LogP contribution >= 0.6 is 11.6 Å². The molecule has 0 fully saturated rings. The summed E-state index contributed by atoms with van der Waals surface area (Å²) in [5, 5.41) is 0.597. The molecule has 0 atom stereocenters. The van der Waals surface area contributed by atoms with Crippen molar-refractivity contribution in [3.05, 3.63) is 40.1 Å². The molecule has 1 aromatic heterocycles. The molecule has 0 spiro atoms. The molecule has 1 aromatic carbocycles. The van der Waals surface area contributed by atoms with Gasteiger partial charge in [-0.25, -0.2) is 0 Å². The Balaban J connectivity index is 2.50. The number of aromatic nitrogens is 1. The fraction of sp³-hybridized carbons (Fsp3) is 0.375. The number of hydrogen-bond donors (Lipinski definition) is 0. The van der Waals surface area contributed by atoms with Crippen LogP contribution in [0.3, 0.4) is 0 Å². The van der Waals surface area contributed by atoms with Crippen LogP contribution in [0.4, 0.5) is 0 Å². The van der Waals surface area contributed by atoms with Crippen molar-refractivity contribution in [2.75, 3.05) is 0 Å². The first kappa shape index (κ1) is 12.6. The molecule has 2 aromatic rings. The lowest BCUT2D eigenvalue weighted by molar-refractivity contribution is 0.108. The minimum Gasteiger partial charge on any atom is -0.276 e.